The summed E-state index contributed by atoms with van der Waals surface area (Å²) in [5.41, 5.74) is 0. The van der Waals surface area contributed by atoms with Gasteiger partial charge in [0.2, 0.25) is 5.91 Å². The molecule has 6 N–H and O–H groups in total. The van der Waals surface area contributed by atoms with Crippen LogP contribution >= 0.6 is 0 Å². The predicted octanol–water partition coefficient (Wildman–Crippen LogP) is 17.2. The van der Waals surface area contributed by atoms with E-state index in [1.807, 2.05) is 6.08 Å². The summed E-state index contributed by atoms with van der Waals surface area (Å²) in [6.07, 6.45) is 86.0. The van der Waals surface area contributed by atoms with Crippen molar-refractivity contribution in [1.82, 2.24) is 5.32 Å². The minimum Gasteiger partial charge on any atom is -0.394 e. The van der Waals surface area contributed by atoms with Crippen LogP contribution in [-0.4, -0.2) is 87.5 Å². The number of ether oxygens (including phenoxy) is 2. The molecule has 1 saturated heterocycles. The zero-order valence-electron chi connectivity index (χ0n) is 51.0. The third-order valence-corrected chi connectivity index (χ3v) is 14.1. The molecule has 1 aliphatic rings. The maximum Gasteiger partial charge on any atom is 0.220 e. The fraction of sp³-hybridized carbons (Fsp3) is 0.625. The summed E-state index contributed by atoms with van der Waals surface area (Å²) in [5, 5.41) is 54.6. The van der Waals surface area contributed by atoms with Crippen molar-refractivity contribution in [2.24, 2.45) is 0 Å². The number of amides is 1. The molecule has 7 unspecified atom stereocenters. The maximum atomic E-state index is 13.1. The molecule has 0 aromatic carbocycles. The average molecular weight is 1120 g/mol. The Morgan fingerprint density at radius 1 is 0.432 bits per heavy atom. The summed E-state index contributed by atoms with van der Waals surface area (Å²) in [5.74, 6) is -0.224. The molecule has 0 aliphatic carbocycles. The van der Waals surface area contributed by atoms with Crippen molar-refractivity contribution in [2.45, 2.75) is 275 Å². The van der Waals surface area contributed by atoms with Gasteiger partial charge in [-0.15, -0.1) is 0 Å². The SMILES string of the molecule is CC/C=C\C/C=C\C/C=C\C/C=C\C/C=C\C/C=C\C/C=C\C/C=C\C/C=C\C/C=C\C/C=C\C/C=C\CCCCC(=O)NC(COC1OC(CO)C(O)C(O)C1O)C(O)/C=C/CCCCCCCCCCCCCCCCCCC. The lowest BCUT2D eigenvalue weighted by Gasteiger charge is -2.40. The first kappa shape index (κ1) is 74.8. The summed E-state index contributed by atoms with van der Waals surface area (Å²) in [7, 11) is 0. The van der Waals surface area contributed by atoms with Crippen molar-refractivity contribution in [3.8, 4) is 0 Å². The molecule has 1 amide bonds. The number of aliphatic hydroxyl groups excluding tert-OH is 5. The number of hydrogen-bond donors (Lipinski definition) is 6. The topological polar surface area (TPSA) is 149 Å². The first-order valence-corrected chi connectivity index (χ1v) is 32.2. The van der Waals surface area contributed by atoms with Crippen LogP contribution in [0.2, 0.25) is 0 Å². The Kier molecular flexibility index (Phi) is 54.5. The summed E-state index contributed by atoms with van der Waals surface area (Å²) in [4.78, 5) is 13.1. The molecule has 81 heavy (non-hydrogen) atoms. The van der Waals surface area contributed by atoms with Crippen LogP contribution in [0.15, 0.2) is 158 Å². The quantitative estimate of drug-likeness (QED) is 0.0261. The van der Waals surface area contributed by atoms with E-state index in [2.05, 4.69) is 165 Å². The van der Waals surface area contributed by atoms with E-state index in [-0.39, 0.29) is 18.9 Å². The highest BCUT2D eigenvalue weighted by Crippen LogP contribution is 2.23. The number of nitrogens with one attached hydrogen (secondary N) is 1. The summed E-state index contributed by atoms with van der Waals surface area (Å²) in [6.45, 7) is 3.64. The lowest BCUT2D eigenvalue weighted by Crippen LogP contribution is -2.60. The van der Waals surface area contributed by atoms with E-state index in [0.29, 0.717) is 6.42 Å². The van der Waals surface area contributed by atoms with Crippen LogP contribution < -0.4 is 5.32 Å². The van der Waals surface area contributed by atoms with Crippen LogP contribution in [0.4, 0.5) is 0 Å². The van der Waals surface area contributed by atoms with Crippen molar-refractivity contribution in [3.05, 3.63) is 158 Å². The minimum atomic E-state index is -1.58. The third kappa shape index (κ3) is 47.9. The zero-order chi connectivity index (χ0) is 58.6. The first-order chi connectivity index (χ1) is 39.8. The van der Waals surface area contributed by atoms with Gasteiger partial charge in [0, 0.05) is 6.42 Å². The summed E-state index contributed by atoms with van der Waals surface area (Å²) < 4.78 is 11.3. The second-order valence-electron chi connectivity index (χ2n) is 21.5. The number of carbonyl (C=O) groups is 1. The molecule has 0 aromatic heterocycles. The van der Waals surface area contributed by atoms with Crippen LogP contribution in [0.1, 0.15) is 232 Å². The van der Waals surface area contributed by atoms with E-state index in [4.69, 9.17) is 9.47 Å². The van der Waals surface area contributed by atoms with Crippen molar-refractivity contribution in [3.63, 3.8) is 0 Å². The van der Waals surface area contributed by atoms with Crippen molar-refractivity contribution < 1.29 is 39.8 Å². The molecule has 1 rings (SSSR count). The van der Waals surface area contributed by atoms with Crippen LogP contribution in [0.25, 0.3) is 0 Å². The fourth-order valence-electron chi connectivity index (χ4n) is 9.08. The van der Waals surface area contributed by atoms with Gasteiger partial charge < -0.3 is 40.3 Å². The Hall–Kier alpha value is -4.19. The Morgan fingerprint density at radius 2 is 0.765 bits per heavy atom. The molecule has 0 radical (unpaired) electrons. The lowest BCUT2D eigenvalue weighted by molar-refractivity contribution is -0.302. The highest BCUT2D eigenvalue weighted by molar-refractivity contribution is 5.76. The molecule has 0 saturated carbocycles. The minimum absolute atomic E-state index is 0.216. The zero-order valence-corrected chi connectivity index (χ0v) is 51.0. The van der Waals surface area contributed by atoms with Gasteiger partial charge in [-0.3, -0.25) is 4.79 Å². The lowest BCUT2D eigenvalue weighted by atomic mass is 9.99. The van der Waals surface area contributed by atoms with E-state index < -0.39 is 49.5 Å². The van der Waals surface area contributed by atoms with Gasteiger partial charge in [0.15, 0.2) is 6.29 Å². The molecule has 458 valence electrons. The van der Waals surface area contributed by atoms with Crippen molar-refractivity contribution in [2.75, 3.05) is 13.2 Å². The van der Waals surface area contributed by atoms with E-state index in [9.17, 15) is 30.3 Å². The monoisotopic (exact) mass is 1120 g/mol. The van der Waals surface area contributed by atoms with Crippen molar-refractivity contribution in [1.29, 1.82) is 0 Å². The summed E-state index contributed by atoms with van der Waals surface area (Å²) in [6, 6.07) is -0.841. The smallest absolute Gasteiger partial charge is 0.220 e. The number of allylic oxidation sites excluding steroid dienone is 25. The number of carbonyl (C=O) groups excluding carboxylic acids is 1. The maximum absolute atomic E-state index is 13.1. The molecule has 1 aliphatic heterocycles. The second-order valence-corrected chi connectivity index (χ2v) is 21.5. The van der Waals surface area contributed by atoms with Crippen molar-refractivity contribution >= 4 is 5.91 Å². The Morgan fingerprint density at radius 3 is 1.14 bits per heavy atom. The van der Waals surface area contributed by atoms with E-state index in [0.717, 1.165) is 109 Å². The van der Waals surface area contributed by atoms with Crippen LogP contribution in [0.5, 0.6) is 0 Å². The first-order valence-electron chi connectivity index (χ1n) is 32.2. The molecule has 1 fully saturated rings. The fourth-order valence-corrected chi connectivity index (χ4v) is 9.08. The van der Waals surface area contributed by atoms with Crippen LogP contribution in [-0.2, 0) is 14.3 Å². The van der Waals surface area contributed by atoms with Gasteiger partial charge in [0.1, 0.15) is 24.4 Å². The van der Waals surface area contributed by atoms with Crippen LogP contribution in [0.3, 0.4) is 0 Å². The summed E-state index contributed by atoms with van der Waals surface area (Å²) >= 11 is 0. The van der Waals surface area contributed by atoms with Gasteiger partial charge in [-0.25, -0.2) is 0 Å². The molecule has 0 bridgehead atoms. The van der Waals surface area contributed by atoms with E-state index in [1.54, 1.807) is 6.08 Å². The van der Waals surface area contributed by atoms with E-state index >= 15 is 0 Å². The molecule has 9 heteroatoms. The Bertz CT molecular complexity index is 1830. The third-order valence-electron chi connectivity index (χ3n) is 14.1. The van der Waals surface area contributed by atoms with Gasteiger partial charge in [0.05, 0.1) is 25.4 Å². The van der Waals surface area contributed by atoms with Gasteiger partial charge in [-0.2, -0.15) is 0 Å². The Balaban J connectivity index is 2.24. The number of hydrogen-bond acceptors (Lipinski definition) is 8. The van der Waals surface area contributed by atoms with Gasteiger partial charge in [-0.05, 0) is 109 Å². The molecule has 9 nitrogen and oxygen atoms in total. The molecular formula is C72H117NO8. The van der Waals surface area contributed by atoms with Crippen LogP contribution in [0, 0.1) is 0 Å². The largest absolute Gasteiger partial charge is 0.394 e. The normalized spacial score (nSPS) is 19.5. The highest BCUT2D eigenvalue weighted by atomic mass is 16.7. The predicted molar refractivity (Wildman–Crippen MR) is 345 cm³/mol. The molecule has 0 aromatic rings. The van der Waals surface area contributed by atoms with Gasteiger partial charge >= 0.3 is 0 Å². The molecular weight excluding hydrogens is 1010 g/mol. The Labute approximate surface area is 495 Å². The molecule has 1 heterocycles. The number of rotatable bonds is 53. The molecule has 7 atom stereocenters. The van der Waals surface area contributed by atoms with Gasteiger partial charge in [0.25, 0.3) is 0 Å². The standard InChI is InChI=1S/C72H117NO8/c1-3-5-7-9-11-13-15-17-19-21-23-24-25-26-27-28-29-30-31-32-33-34-35-36-37-38-39-40-41-42-44-46-48-50-52-54-56-58-60-62-68(76)73-65(64-80-72-71(79)70(78)69(77)67(63-74)81-72)66(75)61-59-57-55-53-51-49-47-45-43-22-20-18-16-14-12-10-8-6-4-2/h5,7,11,13,17,19,23-24,26-27,29-30,32-33,35-36,38-39,41-42,46,48,52,54,59,61,65-67,69-72,74-75,77-79H,3-4,6,8-10,12,14-16,18,20-22,25,28,31,34,37,40,43-45,47,49-51,53,55-58,60,62-64H2,1-2H3,(H,73,76)/b7-5-,13-11-,19-17-,24-23-,27-26-,30-29-,33-32-,36-35-,39-38-,42-41-,48-46-,54-52-,61-59+. The average Bonchev–Trinajstić information content (AvgIpc) is 3.48. The van der Waals surface area contributed by atoms with E-state index in [1.165, 1.54) is 96.3 Å². The molecule has 0 spiro atoms. The number of unbranched alkanes of at least 4 members (excludes halogenated alkanes) is 19. The second kappa shape index (κ2) is 59.0. The number of aliphatic hydroxyl groups is 5. The highest BCUT2D eigenvalue weighted by Gasteiger charge is 2.44. The van der Waals surface area contributed by atoms with Gasteiger partial charge in [-0.1, -0.05) is 275 Å².